The van der Waals surface area contributed by atoms with Gasteiger partial charge in [0.15, 0.2) is 6.29 Å². The first-order chi connectivity index (χ1) is 8.67. The molecule has 0 atom stereocenters. The fraction of sp³-hybridized carbons (Fsp3) is 0.571. The molecule has 1 aromatic rings. The van der Waals surface area contributed by atoms with Crippen LogP contribution in [-0.2, 0) is 9.47 Å². The summed E-state index contributed by atoms with van der Waals surface area (Å²) in [5, 5.41) is 3.33. The van der Waals surface area contributed by atoms with Gasteiger partial charge < -0.3 is 19.7 Å². The van der Waals surface area contributed by atoms with Crippen molar-refractivity contribution in [3.8, 4) is 0 Å². The summed E-state index contributed by atoms with van der Waals surface area (Å²) in [5.74, 6) is 0. The van der Waals surface area contributed by atoms with E-state index in [4.69, 9.17) is 9.47 Å². The molecule has 1 aromatic carbocycles. The maximum atomic E-state index is 5.49. The van der Waals surface area contributed by atoms with Gasteiger partial charge in [-0.25, -0.2) is 0 Å². The Kier molecular flexibility index (Phi) is 6.54. The van der Waals surface area contributed by atoms with E-state index >= 15 is 0 Å². The molecule has 0 radical (unpaired) electrons. The van der Waals surface area contributed by atoms with Gasteiger partial charge in [-0.1, -0.05) is 6.07 Å². The average molecular weight is 252 g/mol. The van der Waals surface area contributed by atoms with Crippen LogP contribution in [0.4, 0.5) is 11.4 Å². The average Bonchev–Trinajstić information content (AvgIpc) is 2.37. The molecule has 102 valence electrons. The van der Waals surface area contributed by atoms with Crippen molar-refractivity contribution in [2.45, 2.75) is 20.1 Å². The fourth-order valence-electron chi connectivity index (χ4n) is 1.63. The van der Waals surface area contributed by atoms with Gasteiger partial charge in [-0.05, 0) is 32.0 Å². The summed E-state index contributed by atoms with van der Waals surface area (Å²) in [6.45, 7) is 5.91. The summed E-state index contributed by atoms with van der Waals surface area (Å²) < 4.78 is 11.0. The standard InChI is InChI=1S/C14H24N2O2/c1-5-17-14(18-6-2)11-15-12-8-7-9-13(10-12)16(3)4/h7-10,14-15H,5-6,11H2,1-4H3. The summed E-state index contributed by atoms with van der Waals surface area (Å²) in [5.41, 5.74) is 2.25. The molecule has 1 rings (SSSR count). The number of hydrogen-bond acceptors (Lipinski definition) is 4. The number of hydrogen-bond donors (Lipinski definition) is 1. The van der Waals surface area contributed by atoms with Gasteiger partial charge in [0.05, 0.1) is 6.54 Å². The smallest absolute Gasteiger partial charge is 0.174 e. The van der Waals surface area contributed by atoms with Crippen molar-refractivity contribution >= 4 is 11.4 Å². The van der Waals surface area contributed by atoms with E-state index in [1.54, 1.807) is 0 Å². The van der Waals surface area contributed by atoms with E-state index in [-0.39, 0.29) is 6.29 Å². The van der Waals surface area contributed by atoms with Crippen LogP contribution in [0.25, 0.3) is 0 Å². The van der Waals surface area contributed by atoms with Gasteiger partial charge in [-0.2, -0.15) is 0 Å². The lowest BCUT2D eigenvalue weighted by atomic mass is 10.2. The van der Waals surface area contributed by atoms with Crippen molar-refractivity contribution in [2.24, 2.45) is 0 Å². The number of nitrogens with zero attached hydrogens (tertiary/aromatic N) is 1. The lowest BCUT2D eigenvalue weighted by Gasteiger charge is -2.19. The third-order valence-electron chi connectivity index (χ3n) is 2.54. The highest BCUT2D eigenvalue weighted by atomic mass is 16.7. The molecule has 0 saturated carbocycles. The maximum Gasteiger partial charge on any atom is 0.174 e. The predicted molar refractivity (Wildman–Crippen MR) is 76.3 cm³/mol. The molecule has 0 spiro atoms. The Labute approximate surface area is 110 Å². The van der Waals surface area contributed by atoms with Crippen molar-refractivity contribution < 1.29 is 9.47 Å². The Balaban J connectivity index is 2.53. The zero-order valence-electron chi connectivity index (χ0n) is 11.8. The van der Waals surface area contributed by atoms with Crippen molar-refractivity contribution in [1.82, 2.24) is 0 Å². The van der Waals surface area contributed by atoms with Gasteiger partial charge >= 0.3 is 0 Å². The normalized spacial score (nSPS) is 10.7. The summed E-state index contributed by atoms with van der Waals surface area (Å²) in [4.78, 5) is 2.08. The molecule has 4 heteroatoms. The minimum absolute atomic E-state index is 0.192. The quantitative estimate of drug-likeness (QED) is 0.721. The monoisotopic (exact) mass is 252 g/mol. The van der Waals surface area contributed by atoms with Crippen LogP contribution in [0.5, 0.6) is 0 Å². The second-order valence-electron chi connectivity index (χ2n) is 4.17. The van der Waals surface area contributed by atoms with E-state index in [2.05, 4.69) is 22.3 Å². The van der Waals surface area contributed by atoms with Gasteiger partial charge in [0.2, 0.25) is 0 Å². The minimum Gasteiger partial charge on any atom is -0.380 e. The Bertz CT molecular complexity index is 336. The van der Waals surface area contributed by atoms with Crippen LogP contribution < -0.4 is 10.2 Å². The highest BCUT2D eigenvalue weighted by Crippen LogP contribution is 2.17. The number of ether oxygens (including phenoxy) is 2. The second kappa shape index (κ2) is 7.95. The molecule has 0 amide bonds. The van der Waals surface area contributed by atoms with Crippen molar-refractivity contribution in [1.29, 1.82) is 0 Å². The predicted octanol–water partition coefficient (Wildman–Crippen LogP) is 2.56. The molecule has 0 aromatic heterocycles. The van der Waals surface area contributed by atoms with E-state index < -0.39 is 0 Å². The summed E-state index contributed by atoms with van der Waals surface area (Å²) in [6, 6.07) is 8.26. The number of rotatable bonds is 8. The van der Waals surface area contributed by atoms with E-state index in [9.17, 15) is 0 Å². The van der Waals surface area contributed by atoms with Crippen LogP contribution in [0.2, 0.25) is 0 Å². The summed E-state index contributed by atoms with van der Waals surface area (Å²) in [6.07, 6.45) is -0.192. The highest BCUT2D eigenvalue weighted by molar-refractivity contribution is 5.57. The molecule has 4 nitrogen and oxygen atoms in total. The summed E-state index contributed by atoms with van der Waals surface area (Å²) >= 11 is 0. The molecule has 0 bridgehead atoms. The van der Waals surface area contributed by atoms with E-state index in [1.165, 1.54) is 5.69 Å². The zero-order chi connectivity index (χ0) is 13.4. The number of benzene rings is 1. The lowest BCUT2D eigenvalue weighted by molar-refractivity contribution is -0.126. The van der Waals surface area contributed by atoms with E-state index in [0.717, 1.165) is 5.69 Å². The van der Waals surface area contributed by atoms with E-state index in [1.807, 2.05) is 40.1 Å². The molecular weight excluding hydrogens is 228 g/mol. The third-order valence-corrected chi connectivity index (χ3v) is 2.54. The molecule has 0 aliphatic carbocycles. The Morgan fingerprint density at radius 2 is 1.83 bits per heavy atom. The van der Waals surface area contributed by atoms with Gasteiger partial charge in [0.1, 0.15) is 0 Å². The van der Waals surface area contributed by atoms with Crippen LogP contribution in [0.3, 0.4) is 0 Å². The fourth-order valence-corrected chi connectivity index (χ4v) is 1.63. The highest BCUT2D eigenvalue weighted by Gasteiger charge is 2.07. The molecule has 0 aliphatic rings. The zero-order valence-corrected chi connectivity index (χ0v) is 11.8. The molecule has 0 fully saturated rings. The van der Waals surface area contributed by atoms with Crippen LogP contribution in [-0.4, -0.2) is 40.1 Å². The Hall–Kier alpha value is -1.26. The molecule has 18 heavy (non-hydrogen) atoms. The molecule has 0 unspecified atom stereocenters. The van der Waals surface area contributed by atoms with Crippen LogP contribution in [0.1, 0.15) is 13.8 Å². The van der Waals surface area contributed by atoms with Crippen molar-refractivity contribution in [2.75, 3.05) is 44.1 Å². The van der Waals surface area contributed by atoms with Crippen LogP contribution >= 0.6 is 0 Å². The van der Waals surface area contributed by atoms with Crippen molar-refractivity contribution in [3.05, 3.63) is 24.3 Å². The number of anilines is 2. The first-order valence-corrected chi connectivity index (χ1v) is 6.41. The molecule has 1 N–H and O–H groups in total. The molecular formula is C14H24N2O2. The molecule has 0 aliphatic heterocycles. The van der Waals surface area contributed by atoms with E-state index in [0.29, 0.717) is 19.8 Å². The SMILES string of the molecule is CCOC(CNc1cccc(N(C)C)c1)OCC. The third kappa shape index (κ3) is 4.94. The lowest BCUT2D eigenvalue weighted by Crippen LogP contribution is -2.26. The largest absolute Gasteiger partial charge is 0.380 e. The van der Waals surface area contributed by atoms with Crippen LogP contribution in [0.15, 0.2) is 24.3 Å². The Morgan fingerprint density at radius 1 is 1.17 bits per heavy atom. The van der Waals surface area contributed by atoms with Crippen molar-refractivity contribution in [3.63, 3.8) is 0 Å². The molecule has 0 saturated heterocycles. The van der Waals surface area contributed by atoms with Gasteiger partial charge in [0, 0.05) is 38.7 Å². The van der Waals surface area contributed by atoms with Crippen LogP contribution in [0, 0.1) is 0 Å². The first kappa shape index (κ1) is 14.8. The summed E-state index contributed by atoms with van der Waals surface area (Å²) in [7, 11) is 4.06. The van der Waals surface area contributed by atoms with Gasteiger partial charge in [-0.15, -0.1) is 0 Å². The van der Waals surface area contributed by atoms with Gasteiger partial charge in [-0.3, -0.25) is 0 Å². The molecule has 0 heterocycles. The minimum atomic E-state index is -0.192. The maximum absolute atomic E-state index is 5.49. The second-order valence-corrected chi connectivity index (χ2v) is 4.17. The topological polar surface area (TPSA) is 33.7 Å². The Morgan fingerprint density at radius 3 is 2.39 bits per heavy atom. The first-order valence-electron chi connectivity index (χ1n) is 6.41. The van der Waals surface area contributed by atoms with Gasteiger partial charge in [0.25, 0.3) is 0 Å². The number of nitrogens with one attached hydrogen (secondary N) is 1.